The molecular weight excluding hydrogens is 273 g/mol. The molecule has 2 aromatic rings. The van der Waals surface area contributed by atoms with Crippen LogP contribution in [0.4, 0.5) is 10.1 Å². The fourth-order valence-corrected chi connectivity index (χ4v) is 1.92. The first-order chi connectivity index (χ1) is 10.1. The topological polar surface area (TPSA) is 58.6 Å². The normalized spacial score (nSPS) is 10.2. The van der Waals surface area contributed by atoms with Crippen LogP contribution < -0.4 is 10.1 Å². The van der Waals surface area contributed by atoms with Gasteiger partial charge in [-0.3, -0.25) is 0 Å². The summed E-state index contributed by atoms with van der Waals surface area (Å²) in [6.07, 6.45) is 0. The Morgan fingerprint density at radius 2 is 2.05 bits per heavy atom. The van der Waals surface area contributed by atoms with E-state index >= 15 is 0 Å². The van der Waals surface area contributed by atoms with Gasteiger partial charge in [-0.15, -0.1) is 0 Å². The van der Waals surface area contributed by atoms with Gasteiger partial charge < -0.3 is 15.2 Å². The van der Waals surface area contributed by atoms with E-state index in [1.165, 1.54) is 18.2 Å². The van der Waals surface area contributed by atoms with Crippen molar-refractivity contribution in [1.82, 2.24) is 0 Å². The highest BCUT2D eigenvalue weighted by Crippen LogP contribution is 2.18. The van der Waals surface area contributed by atoms with Crippen LogP contribution in [0.3, 0.4) is 0 Å². The molecule has 0 bridgehead atoms. The molecule has 0 saturated carbocycles. The fourth-order valence-electron chi connectivity index (χ4n) is 1.92. The lowest BCUT2D eigenvalue weighted by atomic mass is 10.2. The quantitative estimate of drug-likeness (QED) is 0.801. The molecule has 2 N–H and O–H groups in total. The number of hydrogen-bond donors (Lipinski definition) is 2. The largest absolute Gasteiger partial charge is 0.492 e. The summed E-state index contributed by atoms with van der Waals surface area (Å²) in [4.78, 5) is 10.8. The van der Waals surface area contributed by atoms with E-state index in [-0.39, 0.29) is 11.4 Å². The van der Waals surface area contributed by atoms with Crippen LogP contribution in [-0.4, -0.2) is 24.2 Å². The van der Waals surface area contributed by atoms with Crippen molar-refractivity contribution in [1.29, 1.82) is 0 Å². The van der Waals surface area contributed by atoms with Crippen molar-refractivity contribution in [2.45, 2.75) is 6.92 Å². The van der Waals surface area contributed by atoms with Crippen LogP contribution in [0.25, 0.3) is 0 Å². The zero-order valence-corrected chi connectivity index (χ0v) is 11.6. The van der Waals surface area contributed by atoms with Gasteiger partial charge in [-0.05, 0) is 36.8 Å². The van der Waals surface area contributed by atoms with E-state index in [1.807, 2.05) is 13.0 Å². The SMILES string of the molecule is Cc1cccc(F)c1NCCOc1cccc(C(=O)O)c1. The van der Waals surface area contributed by atoms with Gasteiger partial charge in [-0.2, -0.15) is 0 Å². The van der Waals surface area contributed by atoms with Gasteiger partial charge in [-0.25, -0.2) is 9.18 Å². The number of para-hydroxylation sites is 1. The molecular formula is C16H16FNO3. The van der Waals surface area contributed by atoms with E-state index in [9.17, 15) is 9.18 Å². The first-order valence-corrected chi connectivity index (χ1v) is 6.53. The number of anilines is 1. The van der Waals surface area contributed by atoms with Crippen LogP contribution in [0.5, 0.6) is 5.75 Å². The second-order valence-electron chi connectivity index (χ2n) is 4.54. The number of benzene rings is 2. The summed E-state index contributed by atoms with van der Waals surface area (Å²) in [6.45, 7) is 2.54. The van der Waals surface area contributed by atoms with Gasteiger partial charge in [0.15, 0.2) is 0 Å². The minimum atomic E-state index is -0.999. The van der Waals surface area contributed by atoms with Crippen LogP contribution in [0, 0.1) is 12.7 Å². The molecule has 0 fully saturated rings. The van der Waals surface area contributed by atoms with Crippen molar-refractivity contribution in [3.8, 4) is 5.75 Å². The summed E-state index contributed by atoms with van der Waals surface area (Å²) in [5.74, 6) is -0.828. The Kier molecular flexibility index (Phi) is 4.77. The molecule has 0 amide bonds. The Bertz CT molecular complexity index is 623. The van der Waals surface area contributed by atoms with Gasteiger partial charge in [0.25, 0.3) is 0 Å². The lowest BCUT2D eigenvalue weighted by Gasteiger charge is -2.11. The van der Waals surface area contributed by atoms with E-state index in [1.54, 1.807) is 18.2 Å². The zero-order chi connectivity index (χ0) is 15.2. The summed E-state index contributed by atoms with van der Waals surface area (Å²) >= 11 is 0. The van der Waals surface area contributed by atoms with Crippen LogP contribution in [0.15, 0.2) is 42.5 Å². The number of ether oxygens (including phenoxy) is 1. The number of aromatic carboxylic acids is 1. The van der Waals surface area contributed by atoms with Crippen molar-refractivity contribution < 1.29 is 19.0 Å². The molecule has 0 aliphatic rings. The van der Waals surface area contributed by atoms with Crippen molar-refractivity contribution in [3.63, 3.8) is 0 Å². The molecule has 2 aromatic carbocycles. The van der Waals surface area contributed by atoms with Gasteiger partial charge >= 0.3 is 5.97 Å². The van der Waals surface area contributed by atoms with Crippen LogP contribution in [0.2, 0.25) is 0 Å². The van der Waals surface area contributed by atoms with Gasteiger partial charge in [0.05, 0.1) is 11.3 Å². The van der Waals surface area contributed by atoms with Crippen LogP contribution >= 0.6 is 0 Å². The lowest BCUT2D eigenvalue weighted by molar-refractivity contribution is 0.0696. The highest BCUT2D eigenvalue weighted by atomic mass is 19.1. The molecule has 0 saturated heterocycles. The summed E-state index contributed by atoms with van der Waals surface area (Å²) < 4.78 is 19.0. The summed E-state index contributed by atoms with van der Waals surface area (Å²) in [6, 6.07) is 11.1. The lowest BCUT2D eigenvalue weighted by Crippen LogP contribution is -2.13. The highest BCUT2D eigenvalue weighted by Gasteiger charge is 2.05. The maximum atomic E-state index is 13.6. The van der Waals surface area contributed by atoms with Crippen molar-refractivity contribution >= 4 is 11.7 Å². The van der Waals surface area contributed by atoms with E-state index in [0.29, 0.717) is 24.6 Å². The Labute approximate surface area is 122 Å². The molecule has 5 heteroatoms. The van der Waals surface area contributed by atoms with E-state index < -0.39 is 5.97 Å². The van der Waals surface area contributed by atoms with Crippen LogP contribution in [0.1, 0.15) is 15.9 Å². The first-order valence-electron chi connectivity index (χ1n) is 6.53. The maximum absolute atomic E-state index is 13.6. The van der Waals surface area contributed by atoms with Crippen molar-refractivity contribution in [2.75, 3.05) is 18.5 Å². The molecule has 2 rings (SSSR count). The third kappa shape index (κ3) is 3.95. The number of carbonyl (C=O) groups is 1. The average Bonchev–Trinajstić information content (AvgIpc) is 2.46. The number of carboxylic acids is 1. The van der Waals surface area contributed by atoms with Crippen molar-refractivity contribution in [2.24, 2.45) is 0 Å². The van der Waals surface area contributed by atoms with Gasteiger partial charge in [0, 0.05) is 6.54 Å². The Hall–Kier alpha value is -2.56. The van der Waals surface area contributed by atoms with E-state index in [4.69, 9.17) is 9.84 Å². The monoisotopic (exact) mass is 289 g/mol. The Morgan fingerprint density at radius 3 is 2.76 bits per heavy atom. The smallest absolute Gasteiger partial charge is 0.335 e. The third-order valence-electron chi connectivity index (χ3n) is 2.98. The number of carboxylic acid groups (broad SMARTS) is 1. The minimum absolute atomic E-state index is 0.172. The maximum Gasteiger partial charge on any atom is 0.335 e. The summed E-state index contributed by atoms with van der Waals surface area (Å²) in [5.41, 5.74) is 1.45. The summed E-state index contributed by atoms with van der Waals surface area (Å²) in [5, 5.41) is 11.9. The molecule has 110 valence electrons. The van der Waals surface area contributed by atoms with Crippen molar-refractivity contribution in [3.05, 3.63) is 59.4 Å². The number of halogens is 1. The zero-order valence-electron chi connectivity index (χ0n) is 11.6. The van der Waals surface area contributed by atoms with Crippen LogP contribution in [-0.2, 0) is 0 Å². The molecule has 0 aromatic heterocycles. The number of aryl methyl sites for hydroxylation is 1. The third-order valence-corrected chi connectivity index (χ3v) is 2.98. The van der Waals surface area contributed by atoms with E-state index in [2.05, 4.69) is 5.32 Å². The molecule has 21 heavy (non-hydrogen) atoms. The highest BCUT2D eigenvalue weighted by molar-refractivity contribution is 5.87. The standard InChI is InChI=1S/C16H16FNO3/c1-11-4-2-7-14(17)15(11)18-8-9-21-13-6-3-5-12(10-13)16(19)20/h2-7,10,18H,8-9H2,1H3,(H,19,20). The molecule has 0 unspecified atom stereocenters. The van der Waals surface area contributed by atoms with Gasteiger partial charge in [0.2, 0.25) is 0 Å². The second kappa shape index (κ2) is 6.74. The minimum Gasteiger partial charge on any atom is -0.492 e. The number of rotatable bonds is 6. The number of nitrogens with one attached hydrogen (secondary N) is 1. The summed E-state index contributed by atoms with van der Waals surface area (Å²) in [7, 11) is 0. The average molecular weight is 289 g/mol. The fraction of sp³-hybridized carbons (Fsp3) is 0.188. The molecule has 0 spiro atoms. The molecule has 0 atom stereocenters. The Morgan fingerprint density at radius 1 is 1.29 bits per heavy atom. The Balaban J connectivity index is 1.88. The number of hydrogen-bond acceptors (Lipinski definition) is 3. The van der Waals surface area contributed by atoms with Gasteiger partial charge in [0.1, 0.15) is 18.2 Å². The van der Waals surface area contributed by atoms with Gasteiger partial charge in [-0.1, -0.05) is 18.2 Å². The molecule has 0 aliphatic heterocycles. The first kappa shape index (κ1) is 14.8. The second-order valence-corrected chi connectivity index (χ2v) is 4.54. The molecule has 0 aliphatic carbocycles. The predicted molar refractivity (Wildman–Crippen MR) is 78.5 cm³/mol. The molecule has 4 nitrogen and oxygen atoms in total. The molecule has 0 heterocycles. The molecule has 0 radical (unpaired) electrons. The predicted octanol–water partition coefficient (Wildman–Crippen LogP) is 3.32. The van der Waals surface area contributed by atoms with E-state index in [0.717, 1.165) is 5.56 Å².